The summed E-state index contributed by atoms with van der Waals surface area (Å²) in [5.41, 5.74) is 0.117. The molecule has 0 aliphatic heterocycles. The van der Waals surface area contributed by atoms with E-state index in [1.807, 2.05) is 0 Å². The summed E-state index contributed by atoms with van der Waals surface area (Å²) < 4.78 is 44.7. The van der Waals surface area contributed by atoms with Crippen LogP contribution >= 0.6 is 11.5 Å². The van der Waals surface area contributed by atoms with Crippen molar-refractivity contribution in [3.63, 3.8) is 0 Å². The van der Waals surface area contributed by atoms with Crippen LogP contribution in [0.15, 0.2) is 28.6 Å². The molecule has 9 heteroatoms. The standard InChI is InChI=1S/C11H9FN2O4S2/c1-18-10-13-11(19-14-10)20(16,17)6-9(15)7-2-4-8(12)5-3-7/h2-5H,6H2,1H3. The molecule has 2 rings (SSSR count). The van der Waals surface area contributed by atoms with Crippen LogP contribution in [-0.4, -0.2) is 36.4 Å². The maximum Gasteiger partial charge on any atom is 0.329 e. The number of ether oxygens (including phenoxy) is 1. The van der Waals surface area contributed by atoms with Crippen LogP contribution in [0.5, 0.6) is 6.01 Å². The third kappa shape index (κ3) is 3.17. The van der Waals surface area contributed by atoms with Crippen LogP contribution in [0.4, 0.5) is 4.39 Å². The van der Waals surface area contributed by atoms with Gasteiger partial charge in [0.25, 0.3) is 0 Å². The van der Waals surface area contributed by atoms with Crippen LogP contribution in [0, 0.1) is 5.82 Å². The van der Waals surface area contributed by atoms with Crippen LogP contribution in [0.1, 0.15) is 10.4 Å². The molecule has 0 aliphatic rings. The number of sulfone groups is 1. The molecule has 0 N–H and O–H groups in total. The third-order valence-electron chi connectivity index (χ3n) is 2.32. The number of hydrogen-bond donors (Lipinski definition) is 0. The molecule has 2 aromatic rings. The molecule has 0 saturated carbocycles. The summed E-state index contributed by atoms with van der Waals surface area (Å²) in [4.78, 5) is 15.5. The number of ketones is 1. The van der Waals surface area contributed by atoms with Crippen molar-refractivity contribution in [3.8, 4) is 6.01 Å². The van der Waals surface area contributed by atoms with Gasteiger partial charge in [0.05, 0.1) is 7.11 Å². The maximum absolute atomic E-state index is 12.7. The Bertz CT molecular complexity index is 725. The number of rotatable bonds is 5. The van der Waals surface area contributed by atoms with E-state index >= 15 is 0 Å². The third-order valence-corrected chi connectivity index (χ3v) is 5.07. The van der Waals surface area contributed by atoms with E-state index in [-0.39, 0.29) is 15.9 Å². The van der Waals surface area contributed by atoms with Crippen LogP contribution in [0.2, 0.25) is 0 Å². The van der Waals surface area contributed by atoms with Gasteiger partial charge in [-0.3, -0.25) is 4.79 Å². The Kier molecular flexibility index (Phi) is 4.09. The Morgan fingerprint density at radius 2 is 2.00 bits per heavy atom. The second-order valence-corrected chi connectivity index (χ2v) is 6.65. The first-order valence-electron chi connectivity index (χ1n) is 5.31. The van der Waals surface area contributed by atoms with Crippen molar-refractivity contribution < 1.29 is 22.3 Å². The average Bonchev–Trinajstić information content (AvgIpc) is 2.88. The van der Waals surface area contributed by atoms with Gasteiger partial charge in [0.15, 0.2) is 5.78 Å². The molecule has 1 aromatic carbocycles. The van der Waals surface area contributed by atoms with Crippen molar-refractivity contribution in [1.82, 2.24) is 9.36 Å². The fourth-order valence-electron chi connectivity index (χ4n) is 1.36. The fraction of sp³-hybridized carbons (Fsp3) is 0.182. The van der Waals surface area contributed by atoms with Gasteiger partial charge in [-0.2, -0.15) is 4.98 Å². The number of benzene rings is 1. The molecule has 0 amide bonds. The van der Waals surface area contributed by atoms with Gasteiger partial charge in [-0.25, -0.2) is 12.8 Å². The molecule has 6 nitrogen and oxygen atoms in total. The van der Waals surface area contributed by atoms with E-state index in [1.165, 1.54) is 19.2 Å². The molecule has 1 heterocycles. The van der Waals surface area contributed by atoms with Crippen molar-refractivity contribution in [1.29, 1.82) is 0 Å². The predicted octanol–water partition coefficient (Wildman–Crippen LogP) is 1.34. The molecular formula is C11H9FN2O4S2. The van der Waals surface area contributed by atoms with Gasteiger partial charge in [-0.15, -0.1) is 4.37 Å². The van der Waals surface area contributed by atoms with Gasteiger partial charge >= 0.3 is 6.01 Å². The minimum absolute atomic E-state index is 0.0668. The zero-order valence-electron chi connectivity index (χ0n) is 10.2. The molecule has 0 atom stereocenters. The number of hydrogen-bond acceptors (Lipinski definition) is 7. The number of nitrogens with zero attached hydrogens (tertiary/aromatic N) is 2. The van der Waals surface area contributed by atoms with E-state index < -0.39 is 27.2 Å². The lowest BCUT2D eigenvalue weighted by atomic mass is 10.1. The molecule has 20 heavy (non-hydrogen) atoms. The summed E-state index contributed by atoms with van der Waals surface area (Å²) in [7, 11) is -2.58. The number of Topliss-reactive ketones (excluding diaryl/α,β-unsaturated/α-hetero) is 1. The summed E-state index contributed by atoms with van der Waals surface area (Å²) in [6.45, 7) is 0. The Morgan fingerprint density at radius 3 is 2.55 bits per heavy atom. The highest BCUT2D eigenvalue weighted by Crippen LogP contribution is 2.18. The van der Waals surface area contributed by atoms with Crippen molar-refractivity contribution in [2.75, 3.05) is 12.9 Å². The topological polar surface area (TPSA) is 86.2 Å². The monoisotopic (exact) mass is 316 g/mol. The second kappa shape index (κ2) is 5.63. The van der Waals surface area contributed by atoms with Crippen LogP contribution in [0.3, 0.4) is 0 Å². The van der Waals surface area contributed by atoms with Gasteiger partial charge in [-0.1, -0.05) is 0 Å². The molecule has 1 aromatic heterocycles. The molecule has 0 bridgehead atoms. The first-order valence-corrected chi connectivity index (χ1v) is 7.74. The lowest BCUT2D eigenvalue weighted by Crippen LogP contribution is -2.16. The molecule has 106 valence electrons. The van der Waals surface area contributed by atoms with E-state index in [0.29, 0.717) is 11.5 Å². The van der Waals surface area contributed by atoms with Crippen molar-refractivity contribution in [3.05, 3.63) is 35.6 Å². The molecule has 0 fully saturated rings. The van der Waals surface area contributed by atoms with Crippen molar-refractivity contribution in [2.24, 2.45) is 0 Å². The van der Waals surface area contributed by atoms with Gasteiger partial charge < -0.3 is 4.74 Å². The number of carbonyl (C=O) groups excluding carboxylic acids is 1. The van der Waals surface area contributed by atoms with Gasteiger partial charge in [0.1, 0.15) is 11.6 Å². The Morgan fingerprint density at radius 1 is 1.35 bits per heavy atom. The smallest absolute Gasteiger partial charge is 0.329 e. The van der Waals surface area contributed by atoms with E-state index in [1.54, 1.807) is 0 Å². The Labute approximate surface area is 118 Å². The lowest BCUT2D eigenvalue weighted by Gasteiger charge is -2.00. The van der Waals surface area contributed by atoms with Crippen LogP contribution in [0.25, 0.3) is 0 Å². The molecule has 0 spiro atoms. The van der Waals surface area contributed by atoms with Crippen molar-refractivity contribution >= 4 is 27.2 Å². The highest BCUT2D eigenvalue weighted by Gasteiger charge is 2.25. The first-order chi connectivity index (χ1) is 9.42. The van der Waals surface area contributed by atoms with E-state index in [4.69, 9.17) is 0 Å². The summed E-state index contributed by atoms with van der Waals surface area (Å²) in [5.74, 6) is -1.89. The van der Waals surface area contributed by atoms with Crippen molar-refractivity contribution in [2.45, 2.75) is 4.34 Å². The molecule has 0 saturated heterocycles. The van der Waals surface area contributed by atoms with Gasteiger partial charge in [0, 0.05) is 17.1 Å². The molecular weight excluding hydrogens is 307 g/mol. The summed E-state index contributed by atoms with van der Waals surface area (Å²) >= 11 is 0.634. The molecule has 0 unspecified atom stereocenters. The van der Waals surface area contributed by atoms with Crippen LogP contribution in [-0.2, 0) is 9.84 Å². The fourth-order valence-corrected chi connectivity index (χ4v) is 3.35. The van der Waals surface area contributed by atoms with Gasteiger partial charge in [0.2, 0.25) is 14.2 Å². The van der Waals surface area contributed by atoms with Gasteiger partial charge in [-0.05, 0) is 24.3 Å². The normalized spacial score (nSPS) is 11.3. The SMILES string of the molecule is COc1nsc(S(=O)(=O)CC(=O)c2ccc(F)cc2)n1. The highest BCUT2D eigenvalue weighted by molar-refractivity contribution is 7.93. The minimum atomic E-state index is -3.89. The number of halogens is 1. The minimum Gasteiger partial charge on any atom is -0.466 e. The molecule has 0 aliphatic carbocycles. The summed E-state index contributed by atoms with van der Waals surface area (Å²) in [6.07, 6.45) is 0. The van der Waals surface area contributed by atoms with Crippen LogP contribution < -0.4 is 4.74 Å². The average molecular weight is 316 g/mol. The molecule has 0 radical (unpaired) electrons. The zero-order valence-corrected chi connectivity index (χ0v) is 11.9. The quantitative estimate of drug-likeness (QED) is 0.774. The summed E-state index contributed by atoms with van der Waals surface area (Å²) in [6, 6.07) is 4.58. The number of methoxy groups -OCH3 is 1. The maximum atomic E-state index is 12.7. The predicted molar refractivity (Wildman–Crippen MR) is 69.2 cm³/mol. The Balaban J connectivity index is 2.19. The lowest BCUT2D eigenvalue weighted by molar-refractivity contribution is 0.102. The first kappa shape index (κ1) is 14.5. The zero-order chi connectivity index (χ0) is 14.8. The highest BCUT2D eigenvalue weighted by atomic mass is 32.2. The summed E-state index contributed by atoms with van der Waals surface area (Å²) in [5, 5.41) is 0. The van der Waals surface area contributed by atoms with E-state index in [9.17, 15) is 17.6 Å². The Hall–Kier alpha value is -1.87. The largest absolute Gasteiger partial charge is 0.466 e. The van der Waals surface area contributed by atoms with E-state index in [2.05, 4.69) is 14.1 Å². The number of carbonyl (C=O) groups is 1. The van der Waals surface area contributed by atoms with E-state index in [0.717, 1.165) is 12.1 Å². The number of aromatic nitrogens is 2. The second-order valence-electron chi connectivity index (χ2n) is 3.74.